The minimum atomic E-state index is -4.37. The lowest BCUT2D eigenvalue weighted by molar-refractivity contribution is -0.157. The summed E-state index contributed by atoms with van der Waals surface area (Å²) >= 11 is 0. The third-order valence-corrected chi connectivity index (χ3v) is 2.79. The number of hydrogen-bond acceptors (Lipinski definition) is 3. The number of morpholine rings is 1. The van der Waals surface area contributed by atoms with Gasteiger partial charge in [-0.2, -0.15) is 13.2 Å². The van der Waals surface area contributed by atoms with Crippen LogP contribution in [-0.2, 0) is 4.74 Å². The molecule has 0 saturated carbocycles. The first kappa shape index (κ1) is 17.9. The molecule has 1 fully saturated rings. The molecular formula is C14H20F4N2O. The first-order chi connectivity index (χ1) is 9.95. The van der Waals surface area contributed by atoms with E-state index in [4.69, 9.17) is 4.74 Å². The molecule has 1 aromatic carbocycles. The molecule has 3 nitrogen and oxygen atoms in total. The Labute approximate surface area is 121 Å². The number of benzene rings is 1. The molecule has 1 saturated heterocycles. The molecule has 2 rings (SSSR count). The topological polar surface area (TPSA) is 33.3 Å². The number of rotatable bonds is 3. The van der Waals surface area contributed by atoms with E-state index in [1.54, 1.807) is 6.92 Å². The van der Waals surface area contributed by atoms with Gasteiger partial charge in [-0.15, -0.1) is 0 Å². The largest absolute Gasteiger partial charge is 0.407 e. The highest BCUT2D eigenvalue weighted by atomic mass is 19.4. The van der Waals surface area contributed by atoms with E-state index in [1.807, 2.05) is 0 Å². The lowest BCUT2D eigenvalue weighted by atomic mass is 10.1. The van der Waals surface area contributed by atoms with Crippen molar-refractivity contribution in [2.75, 3.05) is 32.8 Å². The minimum absolute atomic E-state index is 0.0192. The van der Waals surface area contributed by atoms with Gasteiger partial charge in [-0.1, -0.05) is 19.1 Å². The summed E-state index contributed by atoms with van der Waals surface area (Å²) in [7, 11) is 0. The second kappa shape index (κ2) is 8.96. The fourth-order valence-electron chi connectivity index (χ4n) is 1.80. The molecule has 0 amide bonds. The van der Waals surface area contributed by atoms with Crippen LogP contribution in [-0.4, -0.2) is 39.0 Å². The highest BCUT2D eigenvalue weighted by molar-refractivity contribution is 5.21. The number of ether oxygens (including phenoxy) is 1. The molecule has 1 aromatic rings. The Hall–Kier alpha value is -1.18. The Morgan fingerprint density at radius 1 is 1.19 bits per heavy atom. The van der Waals surface area contributed by atoms with Gasteiger partial charge in [-0.3, -0.25) is 0 Å². The van der Waals surface area contributed by atoms with Gasteiger partial charge in [0.2, 0.25) is 0 Å². The van der Waals surface area contributed by atoms with E-state index in [0.717, 1.165) is 50.6 Å². The fourth-order valence-corrected chi connectivity index (χ4v) is 1.80. The number of hydrogen-bond donors (Lipinski definition) is 2. The van der Waals surface area contributed by atoms with E-state index in [-0.39, 0.29) is 12.1 Å². The van der Waals surface area contributed by atoms with Crippen molar-refractivity contribution < 1.29 is 22.3 Å². The first-order valence-corrected chi connectivity index (χ1v) is 6.79. The molecule has 0 unspecified atom stereocenters. The third-order valence-electron chi connectivity index (χ3n) is 2.79. The smallest absolute Gasteiger partial charge is 0.379 e. The monoisotopic (exact) mass is 308 g/mol. The standard InChI is InChI=1S/C10H11F4N.C4H9NO/c1-2-15-9(10(12,13)14)7-3-5-8(11)6-4-7;1-3-6-4-2-5-1/h3-6,9,15H,2H2,1H3;5H,1-4H2/t9-;/m1./s1. The van der Waals surface area contributed by atoms with Gasteiger partial charge < -0.3 is 15.4 Å². The molecular weight excluding hydrogens is 288 g/mol. The van der Waals surface area contributed by atoms with E-state index in [2.05, 4.69) is 10.6 Å². The van der Waals surface area contributed by atoms with Crippen molar-refractivity contribution in [2.45, 2.75) is 19.1 Å². The number of nitrogens with one attached hydrogen (secondary N) is 2. The van der Waals surface area contributed by atoms with Crippen molar-refractivity contribution in [1.29, 1.82) is 0 Å². The Kier molecular flexibility index (Phi) is 7.63. The van der Waals surface area contributed by atoms with Crippen molar-refractivity contribution in [1.82, 2.24) is 10.6 Å². The van der Waals surface area contributed by atoms with Crippen LogP contribution >= 0.6 is 0 Å². The molecule has 1 aliphatic heterocycles. The Morgan fingerprint density at radius 3 is 2.10 bits per heavy atom. The molecule has 1 atom stereocenters. The van der Waals surface area contributed by atoms with Crippen LogP contribution < -0.4 is 10.6 Å². The average Bonchev–Trinajstić information content (AvgIpc) is 2.47. The molecule has 0 aromatic heterocycles. The Balaban J connectivity index is 0.000000304. The second-order valence-electron chi connectivity index (χ2n) is 4.45. The first-order valence-electron chi connectivity index (χ1n) is 6.79. The lowest BCUT2D eigenvalue weighted by Gasteiger charge is -2.21. The Morgan fingerprint density at radius 2 is 1.76 bits per heavy atom. The quantitative estimate of drug-likeness (QED) is 0.842. The molecule has 1 aliphatic rings. The normalized spacial score (nSPS) is 16.8. The second-order valence-corrected chi connectivity index (χ2v) is 4.45. The van der Waals surface area contributed by atoms with E-state index in [0.29, 0.717) is 0 Å². The zero-order valence-electron chi connectivity index (χ0n) is 11.8. The molecule has 1 heterocycles. The van der Waals surface area contributed by atoms with Crippen LogP contribution in [0, 0.1) is 5.82 Å². The van der Waals surface area contributed by atoms with Gasteiger partial charge in [0.25, 0.3) is 0 Å². The van der Waals surface area contributed by atoms with Gasteiger partial charge in [-0.25, -0.2) is 4.39 Å². The highest BCUT2D eigenvalue weighted by Gasteiger charge is 2.39. The van der Waals surface area contributed by atoms with Gasteiger partial charge in [0.1, 0.15) is 11.9 Å². The summed E-state index contributed by atoms with van der Waals surface area (Å²) in [6.07, 6.45) is -4.37. The van der Waals surface area contributed by atoms with E-state index < -0.39 is 18.0 Å². The van der Waals surface area contributed by atoms with Crippen LogP contribution in [0.5, 0.6) is 0 Å². The molecule has 0 radical (unpaired) electrons. The van der Waals surface area contributed by atoms with Crippen LogP contribution in [0.2, 0.25) is 0 Å². The maximum Gasteiger partial charge on any atom is 0.407 e. The van der Waals surface area contributed by atoms with Gasteiger partial charge in [0.15, 0.2) is 0 Å². The third kappa shape index (κ3) is 6.88. The maximum atomic E-state index is 12.5. The summed E-state index contributed by atoms with van der Waals surface area (Å²) in [5.74, 6) is -0.545. The highest BCUT2D eigenvalue weighted by Crippen LogP contribution is 2.32. The summed E-state index contributed by atoms with van der Waals surface area (Å²) < 4.78 is 55.1. The van der Waals surface area contributed by atoms with Crippen LogP contribution in [0.15, 0.2) is 24.3 Å². The van der Waals surface area contributed by atoms with Crippen LogP contribution in [0.4, 0.5) is 17.6 Å². The average molecular weight is 308 g/mol. The van der Waals surface area contributed by atoms with Crippen molar-refractivity contribution in [2.24, 2.45) is 0 Å². The van der Waals surface area contributed by atoms with Crippen LogP contribution in [0.25, 0.3) is 0 Å². The predicted molar refractivity (Wildman–Crippen MR) is 72.6 cm³/mol. The van der Waals surface area contributed by atoms with E-state index in [1.165, 1.54) is 0 Å². The molecule has 2 N–H and O–H groups in total. The van der Waals surface area contributed by atoms with Crippen molar-refractivity contribution in [3.8, 4) is 0 Å². The van der Waals surface area contributed by atoms with Crippen LogP contribution in [0.3, 0.4) is 0 Å². The summed E-state index contributed by atoms with van der Waals surface area (Å²) in [6.45, 7) is 5.61. The van der Waals surface area contributed by atoms with Crippen LogP contribution in [0.1, 0.15) is 18.5 Å². The zero-order valence-corrected chi connectivity index (χ0v) is 11.8. The molecule has 0 aliphatic carbocycles. The molecule has 120 valence electrons. The zero-order chi connectivity index (χ0) is 15.7. The summed E-state index contributed by atoms with van der Waals surface area (Å²) in [6, 6.07) is 2.58. The molecule has 0 bridgehead atoms. The summed E-state index contributed by atoms with van der Waals surface area (Å²) in [4.78, 5) is 0. The van der Waals surface area contributed by atoms with E-state index in [9.17, 15) is 17.6 Å². The SMILES string of the molecule is C1COCCN1.CCN[C@H](c1ccc(F)cc1)C(F)(F)F. The fraction of sp³-hybridized carbons (Fsp3) is 0.571. The van der Waals surface area contributed by atoms with E-state index >= 15 is 0 Å². The Bertz CT molecular complexity index is 379. The van der Waals surface area contributed by atoms with Gasteiger partial charge >= 0.3 is 6.18 Å². The van der Waals surface area contributed by atoms with Gasteiger partial charge in [0.05, 0.1) is 13.2 Å². The maximum absolute atomic E-state index is 12.5. The van der Waals surface area contributed by atoms with Gasteiger partial charge in [-0.05, 0) is 24.2 Å². The van der Waals surface area contributed by atoms with Crippen molar-refractivity contribution in [3.05, 3.63) is 35.6 Å². The van der Waals surface area contributed by atoms with Crippen molar-refractivity contribution >= 4 is 0 Å². The molecule has 7 heteroatoms. The van der Waals surface area contributed by atoms with Crippen molar-refractivity contribution in [3.63, 3.8) is 0 Å². The summed E-state index contributed by atoms with van der Waals surface area (Å²) in [5.41, 5.74) is 0.0192. The predicted octanol–water partition coefficient (Wildman–Crippen LogP) is 2.64. The number of alkyl halides is 3. The lowest BCUT2D eigenvalue weighted by Crippen LogP contribution is -2.33. The minimum Gasteiger partial charge on any atom is -0.379 e. The summed E-state index contributed by atoms with van der Waals surface area (Å²) in [5, 5.41) is 5.47. The number of halogens is 4. The molecule has 21 heavy (non-hydrogen) atoms. The molecule has 0 spiro atoms. The van der Waals surface area contributed by atoms with Gasteiger partial charge in [0, 0.05) is 13.1 Å².